The van der Waals surface area contributed by atoms with E-state index in [2.05, 4.69) is 6.58 Å². The maximum Gasteiger partial charge on any atom is 0.185 e. The maximum absolute atomic E-state index is 12.4. The number of carbonyl (C=O) groups is 1. The van der Waals surface area contributed by atoms with Gasteiger partial charge in [-0.15, -0.1) is 0 Å². The van der Waals surface area contributed by atoms with Crippen LogP contribution in [-0.2, 0) is 0 Å². The van der Waals surface area contributed by atoms with E-state index in [1.54, 1.807) is 37.5 Å². The molecule has 2 aromatic carbocycles. The first-order chi connectivity index (χ1) is 11.7. The Kier molecular flexibility index (Phi) is 6.20. The number of allylic oxidation sites excluding steroid dienone is 1. The summed E-state index contributed by atoms with van der Waals surface area (Å²) in [5.74, 6) is 1.68. The molecular formula is C20H20O4. The zero-order valence-corrected chi connectivity index (χ0v) is 13.8. The third-order valence-electron chi connectivity index (χ3n) is 3.36. The van der Waals surface area contributed by atoms with Crippen LogP contribution < -0.4 is 14.2 Å². The van der Waals surface area contributed by atoms with E-state index in [1.807, 2.05) is 24.3 Å². The molecule has 0 saturated heterocycles. The molecule has 0 unspecified atom stereocenters. The number of para-hydroxylation sites is 1. The SMILES string of the molecule is C=CCOc1ccccc1/C=C/C(=O)c1ccc(OC)c(OC)c1. The standard InChI is InChI=1S/C20H20O4/c1-4-13-24-18-8-6-5-7-15(18)9-11-17(21)16-10-12-19(22-2)20(14-16)23-3/h4-12,14H,1,13H2,2-3H3/b11-9+. The van der Waals surface area contributed by atoms with Gasteiger partial charge in [0.05, 0.1) is 14.2 Å². The molecule has 24 heavy (non-hydrogen) atoms. The number of ether oxygens (including phenoxy) is 3. The number of benzene rings is 2. The van der Waals surface area contributed by atoms with Crippen molar-refractivity contribution in [3.8, 4) is 17.2 Å². The fourth-order valence-corrected chi connectivity index (χ4v) is 2.15. The second kappa shape index (κ2) is 8.58. The second-order valence-corrected chi connectivity index (χ2v) is 4.90. The van der Waals surface area contributed by atoms with Crippen LogP contribution in [0.1, 0.15) is 15.9 Å². The molecule has 0 aliphatic rings. The highest BCUT2D eigenvalue weighted by molar-refractivity contribution is 6.07. The molecule has 2 aromatic rings. The molecule has 0 saturated carbocycles. The lowest BCUT2D eigenvalue weighted by Crippen LogP contribution is -1.98. The van der Waals surface area contributed by atoms with Crippen LogP contribution in [0.3, 0.4) is 0 Å². The van der Waals surface area contributed by atoms with Crippen LogP contribution in [0.25, 0.3) is 6.08 Å². The first-order valence-electron chi connectivity index (χ1n) is 7.46. The molecule has 0 aromatic heterocycles. The van der Waals surface area contributed by atoms with Gasteiger partial charge in [0.2, 0.25) is 0 Å². The van der Waals surface area contributed by atoms with E-state index in [4.69, 9.17) is 14.2 Å². The van der Waals surface area contributed by atoms with Crippen molar-refractivity contribution in [1.82, 2.24) is 0 Å². The normalized spacial score (nSPS) is 10.4. The van der Waals surface area contributed by atoms with Gasteiger partial charge in [-0.1, -0.05) is 30.9 Å². The average molecular weight is 324 g/mol. The van der Waals surface area contributed by atoms with Crippen molar-refractivity contribution in [2.24, 2.45) is 0 Å². The molecule has 0 spiro atoms. The minimum atomic E-state index is -0.130. The summed E-state index contributed by atoms with van der Waals surface area (Å²) in [6, 6.07) is 12.6. The van der Waals surface area contributed by atoms with Crippen LogP contribution in [0.4, 0.5) is 0 Å². The fourth-order valence-electron chi connectivity index (χ4n) is 2.15. The van der Waals surface area contributed by atoms with E-state index < -0.39 is 0 Å². The Morgan fingerprint density at radius 2 is 1.79 bits per heavy atom. The third-order valence-corrected chi connectivity index (χ3v) is 3.36. The van der Waals surface area contributed by atoms with Crippen molar-refractivity contribution >= 4 is 11.9 Å². The lowest BCUT2D eigenvalue weighted by atomic mass is 10.1. The highest BCUT2D eigenvalue weighted by Gasteiger charge is 2.09. The Balaban J connectivity index is 2.20. The van der Waals surface area contributed by atoms with Gasteiger partial charge in [-0.25, -0.2) is 0 Å². The number of methoxy groups -OCH3 is 2. The number of ketones is 1. The first kappa shape index (κ1) is 17.3. The van der Waals surface area contributed by atoms with Crippen molar-refractivity contribution < 1.29 is 19.0 Å². The second-order valence-electron chi connectivity index (χ2n) is 4.90. The predicted octanol–water partition coefficient (Wildman–Crippen LogP) is 4.16. The molecule has 4 heteroatoms. The molecule has 0 fully saturated rings. The monoisotopic (exact) mass is 324 g/mol. The molecule has 0 bridgehead atoms. The molecule has 4 nitrogen and oxygen atoms in total. The highest BCUT2D eigenvalue weighted by atomic mass is 16.5. The van der Waals surface area contributed by atoms with Gasteiger partial charge in [-0.05, 0) is 36.4 Å². The summed E-state index contributed by atoms with van der Waals surface area (Å²) in [4.78, 5) is 12.4. The lowest BCUT2D eigenvalue weighted by Gasteiger charge is -2.08. The van der Waals surface area contributed by atoms with E-state index in [0.717, 1.165) is 5.56 Å². The van der Waals surface area contributed by atoms with Crippen LogP contribution >= 0.6 is 0 Å². The number of hydrogen-bond acceptors (Lipinski definition) is 4. The predicted molar refractivity (Wildman–Crippen MR) is 95.0 cm³/mol. The largest absolute Gasteiger partial charge is 0.493 e. The molecule has 0 heterocycles. The summed E-state index contributed by atoms with van der Waals surface area (Å²) in [6.45, 7) is 4.04. The summed E-state index contributed by atoms with van der Waals surface area (Å²) in [6.07, 6.45) is 4.92. The molecule has 0 amide bonds. The molecule has 0 N–H and O–H groups in total. The maximum atomic E-state index is 12.4. The zero-order valence-electron chi connectivity index (χ0n) is 13.8. The van der Waals surface area contributed by atoms with Crippen molar-refractivity contribution in [1.29, 1.82) is 0 Å². The quantitative estimate of drug-likeness (QED) is 0.415. The van der Waals surface area contributed by atoms with Crippen LogP contribution in [0.15, 0.2) is 61.2 Å². The van der Waals surface area contributed by atoms with Gasteiger partial charge >= 0.3 is 0 Å². The first-order valence-corrected chi connectivity index (χ1v) is 7.46. The van der Waals surface area contributed by atoms with E-state index in [9.17, 15) is 4.79 Å². The minimum absolute atomic E-state index is 0.130. The van der Waals surface area contributed by atoms with Crippen molar-refractivity contribution in [3.05, 3.63) is 72.3 Å². The van der Waals surface area contributed by atoms with Crippen LogP contribution in [-0.4, -0.2) is 26.6 Å². The van der Waals surface area contributed by atoms with Gasteiger partial charge in [-0.3, -0.25) is 4.79 Å². The van der Waals surface area contributed by atoms with E-state index in [1.165, 1.54) is 13.2 Å². The molecule has 124 valence electrons. The van der Waals surface area contributed by atoms with Gasteiger partial charge in [0.1, 0.15) is 12.4 Å². The van der Waals surface area contributed by atoms with Crippen LogP contribution in [0, 0.1) is 0 Å². The summed E-state index contributed by atoms with van der Waals surface area (Å²) in [5, 5.41) is 0. The van der Waals surface area contributed by atoms with Gasteiger partial charge in [-0.2, -0.15) is 0 Å². The summed E-state index contributed by atoms with van der Waals surface area (Å²) in [5.41, 5.74) is 1.35. The summed E-state index contributed by atoms with van der Waals surface area (Å²) >= 11 is 0. The fraction of sp³-hybridized carbons (Fsp3) is 0.150. The van der Waals surface area contributed by atoms with E-state index >= 15 is 0 Å². The third kappa shape index (κ3) is 4.26. The molecule has 0 aliphatic heterocycles. The van der Waals surface area contributed by atoms with E-state index in [0.29, 0.717) is 29.4 Å². The van der Waals surface area contributed by atoms with Crippen LogP contribution in [0.5, 0.6) is 17.2 Å². The molecule has 0 aliphatic carbocycles. The number of carbonyl (C=O) groups excluding carboxylic acids is 1. The number of hydrogen-bond donors (Lipinski definition) is 0. The van der Waals surface area contributed by atoms with Gasteiger partial charge in [0, 0.05) is 11.1 Å². The zero-order chi connectivity index (χ0) is 17.4. The Morgan fingerprint density at radius 3 is 2.50 bits per heavy atom. The molecule has 0 atom stereocenters. The highest BCUT2D eigenvalue weighted by Crippen LogP contribution is 2.28. The minimum Gasteiger partial charge on any atom is -0.493 e. The van der Waals surface area contributed by atoms with Crippen molar-refractivity contribution in [2.45, 2.75) is 0 Å². The smallest absolute Gasteiger partial charge is 0.185 e. The Hall–Kier alpha value is -3.01. The molecular weight excluding hydrogens is 304 g/mol. The molecule has 0 radical (unpaired) electrons. The average Bonchev–Trinajstić information content (AvgIpc) is 2.64. The number of rotatable bonds is 8. The van der Waals surface area contributed by atoms with Crippen molar-refractivity contribution in [2.75, 3.05) is 20.8 Å². The Labute approximate surface area is 142 Å². The Morgan fingerprint density at radius 1 is 1.04 bits per heavy atom. The van der Waals surface area contributed by atoms with E-state index in [-0.39, 0.29) is 5.78 Å². The Bertz CT molecular complexity index is 747. The lowest BCUT2D eigenvalue weighted by molar-refractivity contribution is 0.104. The molecule has 2 rings (SSSR count). The summed E-state index contributed by atoms with van der Waals surface area (Å²) < 4.78 is 16.0. The van der Waals surface area contributed by atoms with Gasteiger partial charge < -0.3 is 14.2 Å². The summed E-state index contributed by atoms with van der Waals surface area (Å²) in [7, 11) is 3.09. The van der Waals surface area contributed by atoms with Crippen LogP contribution in [0.2, 0.25) is 0 Å². The van der Waals surface area contributed by atoms with Gasteiger partial charge in [0.15, 0.2) is 17.3 Å². The topological polar surface area (TPSA) is 44.8 Å². The van der Waals surface area contributed by atoms with Crippen molar-refractivity contribution in [3.63, 3.8) is 0 Å². The van der Waals surface area contributed by atoms with Gasteiger partial charge in [0.25, 0.3) is 0 Å².